The van der Waals surface area contributed by atoms with Gasteiger partial charge in [0, 0.05) is 27.2 Å². The van der Waals surface area contributed by atoms with Crippen LogP contribution in [0.1, 0.15) is 27.2 Å². The van der Waals surface area contributed by atoms with Crippen LogP contribution in [-0.2, 0) is 18.8 Å². The predicted octanol–water partition coefficient (Wildman–Crippen LogP) is 2.92. The lowest BCUT2D eigenvalue weighted by atomic mass is 10.2. The summed E-state index contributed by atoms with van der Waals surface area (Å²) in [7, 11) is 4.07. The van der Waals surface area contributed by atoms with Gasteiger partial charge in [0.15, 0.2) is 0 Å². The van der Waals surface area contributed by atoms with Crippen LogP contribution in [0.2, 0.25) is 5.04 Å². The Morgan fingerprint density at radius 3 is 1.88 bits per heavy atom. The Morgan fingerprint density at radius 2 is 1.45 bits per heavy atom. The van der Waals surface area contributed by atoms with E-state index in [1.54, 1.807) is 14.2 Å². The highest BCUT2D eigenvalue weighted by Crippen LogP contribution is 2.38. The van der Waals surface area contributed by atoms with Crippen molar-refractivity contribution in [3.8, 4) is 0 Å². The van der Waals surface area contributed by atoms with Gasteiger partial charge in [-0.15, -0.1) is 0 Å². The molecule has 0 saturated carbocycles. The van der Waals surface area contributed by atoms with Crippen molar-refractivity contribution in [3.05, 3.63) is 60.7 Å². The molecular weight excluding hydrogens is 432 g/mol. The lowest BCUT2D eigenvalue weighted by Crippen LogP contribution is -2.68. The minimum Gasteiger partial charge on any atom is -0.403 e. The van der Waals surface area contributed by atoms with Gasteiger partial charge in [-0.25, -0.2) is 5.06 Å². The lowest BCUT2D eigenvalue weighted by molar-refractivity contribution is -0.170. The number of amides is 1. The average molecular weight is 473 g/mol. The number of benzene rings is 2. The number of likely N-dealkylation sites (N-methyl/N-ethyl adjacent to an activating group) is 1. The zero-order chi connectivity index (χ0) is 24.5. The molecule has 0 heterocycles. The van der Waals surface area contributed by atoms with Crippen LogP contribution < -0.4 is 10.4 Å². The van der Waals surface area contributed by atoms with Crippen molar-refractivity contribution in [2.75, 3.05) is 48.0 Å². The molecule has 182 valence electrons. The fraction of sp³-hybridized carbons (Fsp3) is 0.500. The minimum absolute atomic E-state index is 0.111. The van der Waals surface area contributed by atoms with Gasteiger partial charge in [-0.1, -0.05) is 81.4 Å². The summed E-state index contributed by atoms with van der Waals surface area (Å²) in [6.07, 6.45) is -0.0881. The first-order valence-corrected chi connectivity index (χ1v) is 13.3. The molecule has 0 radical (unpaired) electrons. The van der Waals surface area contributed by atoms with Crippen molar-refractivity contribution in [3.63, 3.8) is 0 Å². The van der Waals surface area contributed by atoms with Gasteiger partial charge < -0.3 is 14.1 Å². The molecule has 0 aliphatic carbocycles. The first kappa shape index (κ1) is 27.2. The molecule has 33 heavy (non-hydrogen) atoms. The van der Waals surface area contributed by atoms with Crippen LogP contribution in [0.25, 0.3) is 0 Å². The molecule has 0 aliphatic heterocycles. The molecule has 0 fully saturated rings. The van der Waals surface area contributed by atoms with Crippen LogP contribution in [0.15, 0.2) is 60.7 Å². The Bertz CT molecular complexity index is 803. The van der Waals surface area contributed by atoms with E-state index in [0.717, 1.165) is 6.54 Å². The molecule has 1 unspecified atom stereocenters. The maximum absolute atomic E-state index is 12.9. The van der Waals surface area contributed by atoms with Crippen molar-refractivity contribution >= 4 is 24.6 Å². The van der Waals surface area contributed by atoms with Crippen LogP contribution in [0, 0.1) is 0 Å². The number of hydroxylamine groups is 2. The van der Waals surface area contributed by atoms with Gasteiger partial charge in [-0.05, 0) is 22.5 Å². The summed E-state index contributed by atoms with van der Waals surface area (Å²) < 4.78 is 12.5. The molecule has 2 rings (SSSR count). The Morgan fingerprint density at radius 1 is 0.939 bits per heavy atom. The lowest BCUT2D eigenvalue weighted by Gasteiger charge is -2.45. The summed E-state index contributed by atoms with van der Waals surface area (Å²) in [5.41, 5.74) is 0. The second-order valence-corrected chi connectivity index (χ2v) is 13.7. The topological polar surface area (TPSA) is 51.2 Å². The smallest absolute Gasteiger partial charge is 0.261 e. The zero-order valence-electron chi connectivity index (χ0n) is 21.2. The van der Waals surface area contributed by atoms with Crippen molar-refractivity contribution in [2.45, 2.75) is 38.3 Å². The normalized spacial score (nSPS) is 13.2. The Labute approximate surface area is 200 Å². The van der Waals surface area contributed by atoms with Gasteiger partial charge in [0.1, 0.15) is 0 Å². The maximum atomic E-state index is 12.9. The van der Waals surface area contributed by atoms with Crippen molar-refractivity contribution in [1.29, 1.82) is 0 Å². The molecule has 7 heteroatoms. The molecule has 0 N–H and O–H groups in total. The highest BCUT2D eigenvalue weighted by Gasteiger charge is 2.51. The quantitative estimate of drug-likeness (QED) is 0.351. The molecular formula is C26H40N2O4Si. The molecule has 0 saturated heterocycles. The van der Waals surface area contributed by atoms with Crippen LogP contribution >= 0.6 is 0 Å². The number of hydrogen-bond donors (Lipinski definition) is 0. The number of methoxy groups -OCH3 is 1. The molecule has 0 aromatic heterocycles. The summed E-state index contributed by atoms with van der Waals surface area (Å²) in [5, 5.41) is 3.49. The third-order valence-electron chi connectivity index (χ3n) is 5.98. The average Bonchev–Trinajstić information content (AvgIpc) is 2.80. The van der Waals surface area contributed by atoms with Gasteiger partial charge in [0.25, 0.3) is 8.32 Å². The minimum atomic E-state index is -2.79. The largest absolute Gasteiger partial charge is 0.403 e. The first-order chi connectivity index (χ1) is 15.7. The summed E-state index contributed by atoms with van der Waals surface area (Å²) in [4.78, 5) is 20.2. The number of hydrogen-bond acceptors (Lipinski definition) is 5. The Kier molecular flexibility index (Phi) is 10.3. The first-order valence-electron chi connectivity index (χ1n) is 11.4. The van der Waals surface area contributed by atoms with Gasteiger partial charge in [-0.3, -0.25) is 9.63 Å². The fourth-order valence-electron chi connectivity index (χ4n) is 4.20. The number of carbonyl (C=O) groups is 1. The Hall–Kier alpha value is -2.03. The van der Waals surface area contributed by atoms with Crippen LogP contribution in [0.4, 0.5) is 0 Å². The summed E-state index contributed by atoms with van der Waals surface area (Å²) in [5.74, 6) is -0.111. The molecule has 1 amide bonds. The zero-order valence-corrected chi connectivity index (χ0v) is 22.2. The monoisotopic (exact) mass is 472 g/mol. The Balaban J connectivity index is 2.57. The third-order valence-corrected chi connectivity index (χ3v) is 11.1. The number of rotatable bonds is 12. The number of carbonyl (C=O) groups excluding carboxylic acids is 1. The maximum Gasteiger partial charge on any atom is 0.261 e. The van der Waals surface area contributed by atoms with E-state index >= 15 is 0 Å². The van der Waals surface area contributed by atoms with E-state index in [0.29, 0.717) is 13.2 Å². The van der Waals surface area contributed by atoms with Crippen molar-refractivity contribution < 1.29 is 18.8 Å². The predicted molar refractivity (Wildman–Crippen MR) is 136 cm³/mol. The summed E-state index contributed by atoms with van der Waals surface area (Å²) >= 11 is 0. The van der Waals surface area contributed by atoms with Crippen LogP contribution in [0.5, 0.6) is 0 Å². The number of nitrogens with zero attached hydrogens (tertiary/aromatic N) is 2. The van der Waals surface area contributed by atoms with E-state index in [4.69, 9.17) is 14.0 Å². The summed E-state index contributed by atoms with van der Waals surface area (Å²) in [6, 6.07) is 21.0. The highest BCUT2D eigenvalue weighted by molar-refractivity contribution is 6.99. The molecule has 0 bridgehead atoms. The van der Waals surface area contributed by atoms with Crippen molar-refractivity contribution in [2.24, 2.45) is 0 Å². The van der Waals surface area contributed by atoms with Crippen LogP contribution in [-0.4, -0.2) is 78.3 Å². The van der Waals surface area contributed by atoms with E-state index in [1.807, 2.05) is 19.2 Å². The molecule has 2 aromatic rings. The number of ether oxygens (including phenoxy) is 1. The highest BCUT2D eigenvalue weighted by atomic mass is 28.4. The van der Waals surface area contributed by atoms with E-state index in [9.17, 15) is 4.79 Å². The molecule has 0 spiro atoms. The van der Waals surface area contributed by atoms with Crippen molar-refractivity contribution in [1.82, 2.24) is 9.96 Å². The van der Waals surface area contributed by atoms with E-state index in [1.165, 1.54) is 22.5 Å². The third kappa shape index (κ3) is 6.98. The van der Waals surface area contributed by atoms with Gasteiger partial charge >= 0.3 is 0 Å². The standard InChI is InChI=1S/C26H40N2O4Si/c1-26(2,3)33(23-14-10-8-11-15-23,24-16-12-9-13-17-24)32-22(20-25(29)28(5)31-7)21-27(4)18-19-30-6/h8-17,22H,18-21H2,1-7H3. The van der Waals surface area contributed by atoms with Gasteiger partial charge in [0.05, 0.1) is 26.2 Å². The molecule has 6 nitrogen and oxygen atoms in total. The SMILES string of the molecule is COCCN(C)CC(CC(=O)N(C)OC)O[Si](c1ccccc1)(c1ccccc1)C(C)(C)C. The fourth-order valence-corrected chi connectivity index (χ4v) is 8.87. The van der Waals surface area contributed by atoms with E-state index in [-0.39, 0.29) is 23.5 Å². The molecule has 0 aliphatic rings. The second kappa shape index (κ2) is 12.4. The van der Waals surface area contributed by atoms with E-state index < -0.39 is 8.32 Å². The second-order valence-electron chi connectivity index (χ2n) is 9.44. The molecule has 1 atom stereocenters. The molecule has 2 aromatic carbocycles. The van der Waals surface area contributed by atoms with Gasteiger partial charge in [0.2, 0.25) is 5.91 Å². The van der Waals surface area contributed by atoms with Gasteiger partial charge in [-0.2, -0.15) is 0 Å². The van der Waals surface area contributed by atoms with E-state index in [2.05, 4.69) is 74.2 Å². The summed E-state index contributed by atoms with van der Waals surface area (Å²) in [6.45, 7) is 8.72. The van der Waals surface area contributed by atoms with Crippen LogP contribution in [0.3, 0.4) is 0 Å².